The number of hydrogen-bond acceptors (Lipinski definition) is 8. The Balaban J connectivity index is 1.58. The Hall–Kier alpha value is -4.00. The van der Waals surface area contributed by atoms with Crippen LogP contribution in [0, 0.1) is 17.6 Å². The summed E-state index contributed by atoms with van der Waals surface area (Å²) < 4.78 is 62.3. The number of nitrogen functional groups attached to an aromatic ring is 1. The summed E-state index contributed by atoms with van der Waals surface area (Å²) in [4.78, 5) is 19.0. The first-order valence-electron chi connectivity index (χ1n) is 11.9. The van der Waals surface area contributed by atoms with Gasteiger partial charge in [-0.1, -0.05) is 0 Å². The minimum absolute atomic E-state index is 0.0669. The number of halogens is 4. The zero-order valence-corrected chi connectivity index (χ0v) is 20.4. The summed E-state index contributed by atoms with van der Waals surface area (Å²) in [5, 5.41) is 10.0. The number of piperidine rings is 1. The van der Waals surface area contributed by atoms with Crippen LogP contribution in [0.25, 0.3) is 22.4 Å². The number of pyridine rings is 1. The molecule has 3 N–H and O–H groups in total. The van der Waals surface area contributed by atoms with E-state index in [1.165, 1.54) is 19.8 Å². The molecule has 13 heteroatoms. The second-order valence-electron chi connectivity index (χ2n) is 9.11. The van der Waals surface area contributed by atoms with Gasteiger partial charge in [0.1, 0.15) is 23.8 Å². The minimum atomic E-state index is -2.85. The highest BCUT2D eigenvalue weighted by Crippen LogP contribution is 2.33. The molecule has 4 heterocycles. The maximum Gasteiger partial charge on any atom is 0.264 e. The van der Waals surface area contributed by atoms with Crippen molar-refractivity contribution in [3.05, 3.63) is 54.2 Å². The highest BCUT2D eigenvalue weighted by atomic mass is 19.3. The number of nitrogens with zero attached hydrogens (tertiary/aromatic N) is 6. The normalized spacial score (nSPS) is 16.8. The van der Waals surface area contributed by atoms with Crippen LogP contribution in [0.1, 0.15) is 18.5 Å². The number of aliphatic hydroxyl groups is 1. The number of nitrogens with two attached hydrogens (primary N) is 1. The Labute approximate surface area is 214 Å². The third-order valence-electron chi connectivity index (χ3n) is 6.76. The van der Waals surface area contributed by atoms with Gasteiger partial charge in [0.15, 0.2) is 23.0 Å². The number of fused-ring (bicyclic) bond motifs is 1. The van der Waals surface area contributed by atoms with Gasteiger partial charge >= 0.3 is 0 Å². The maximum atomic E-state index is 14.9. The van der Waals surface area contributed by atoms with Crippen molar-refractivity contribution >= 4 is 22.7 Å². The molecule has 38 heavy (non-hydrogen) atoms. The number of benzene rings is 1. The molecule has 200 valence electrons. The van der Waals surface area contributed by atoms with Crippen LogP contribution in [0.4, 0.5) is 29.1 Å². The molecule has 5 rings (SSSR count). The number of hydrogen-bond donors (Lipinski definition) is 2. The van der Waals surface area contributed by atoms with E-state index in [2.05, 4.69) is 19.9 Å². The molecule has 1 aromatic carbocycles. The molecule has 0 bridgehead atoms. The van der Waals surface area contributed by atoms with Gasteiger partial charge in [0, 0.05) is 30.6 Å². The SMILES string of the molecule is COc1cc(F)c(-c2ccc(N3CCCC(C(O)C(F)F)C3)c(Cn3cnc4c(N)ncnc43)n2)cc1F. The molecule has 1 aliphatic rings. The average Bonchev–Trinajstić information content (AvgIpc) is 3.33. The van der Waals surface area contributed by atoms with Crippen molar-refractivity contribution in [3.8, 4) is 17.0 Å². The number of aromatic nitrogens is 5. The van der Waals surface area contributed by atoms with Crippen LogP contribution in [-0.2, 0) is 6.54 Å². The predicted octanol–water partition coefficient (Wildman–Crippen LogP) is 3.65. The fourth-order valence-electron chi connectivity index (χ4n) is 4.82. The summed E-state index contributed by atoms with van der Waals surface area (Å²) in [5.41, 5.74) is 7.91. The summed E-state index contributed by atoms with van der Waals surface area (Å²) in [6.07, 6.45) is -0.733. The van der Waals surface area contributed by atoms with Crippen molar-refractivity contribution in [2.75, 3.05) is 30.8 Å². The van der Waals surface area contributed by atoms with Gasteiger partial charge < -0.3 is 25.0 Å². The van der Waals surface area contributed by atoms with Crippen molar-refractivity contribution in [2.45, 2.75) is 31.9 Å². The average molecular weight is 532 g/mol. The molecule has 3 aromatic heterocycles. The molecule has 0 aliphatic carbocycles. The van der Waals surface area contributed by atoms with E-state index in [1.54, 1.807) is 16.7 Å². The first-order valence-corrected chi connectivity index (χ1v) is 11.9. The third kappa shape index (κ3) is 4.80. The van der Waals surface area contributed by atoms with E-state index in [4.69, 9.17) is 10.5 Å². The number of ether oxygens (including phenoxy) is 1. The summed E-state index contributed by atoms with van der Waals surface area (Å²) in [6.45, 7) is 0.853. The molecule has 2 unspecified atom stereocenters. The van der Waals surface area contributed by atoms with Gasteiger partial charge in [0.2, 0.25) is 0 Å². The number of imidazole rings is 1. The molecule has 2 atom stereocenters. The fourth-order valence-corrected chi connectivity index (χ4v) is 4.82. The lowest BCUT2D eigenvalue weighted by molar-refractivity contribution is -0.0415. The van der Waals surface area contributed by atoms with Crippen LogP contribution in [0.3, 0.4) is 0 Å². The highest BCUT2D eigenvalue weighted by molar-refractivity contribution is 5.81. The lowest BCUT2D eigenvalue weighted by atomic mass is 9.92. The van der Waals surface area contributed by atoms with Crippen LogP contribution in [0.15, 0.2) is 36.9 Å². The molecule has 9 nitrogen and oxygen atoms in total. The Kier molecular flexibility index (Phi) is 7.02. The molecule has 1 fully saturated rings. The second kappa shape index (κ2) is 10.4. The summed E-state index contributed by atoms with van der Waals surface area (Å²) in [7, 11) is 1.24. The van der Waals surface area contributed by atoms with Gasteiger partial charge in [-0.25, -0.2) is 37.5 Å². The molecular weight excluding hydrogens is 506 g/mol. The summed E-state index contributed by atoms with van der Waals surface area (Å²) >= 11 is 0. The summed E-state index contributed by atoms with van der Waals surface area (Å²) in [5.74, 6) is -2.13. The smallest absolute Gasteiger partial charge is 0.264 e. The third-order valence-corrected chi connectivity index (χ3v) is 6.76. The van der Waals surface area contributed by atoms with E-state index in [1.807, 2.05) is 4.90 Å². The Morgan fingerprint density at radius 2 is 1.97 bits per heavy atom. The first-order chi connectivity index (χ1) is 18.3. The van der Waals surface area contributed by atoms with E-state index in [0.717, 1.165) is 12.1 Å². The highest BCUT2D eigenvalue weighted by Gasteiger charge is 2.32. The van der Waals surface area contributed by atoms with Crippen molar-refractivity contribution in [3.63, 3.8) is 0 Å². The largest absolute Gasteiger partial charge is 0.494 e. The number of aliphatic hydroxyl groups excluding tert-OH is 1. The van der Waals surface area contributed by atoms with Crippen LogP contribution in [-0.4, -0.2) is 62.3 Å². The van der Waals surface area contributed by atoms with Gasteiger partial charge in [-0.3, -0.25) is 0 Å². The van der Waals surface area contributed by atoms with Crippen molar-refractivity contribution in [2.24, 2.45) is 5.92 Å². The molecule has 0 amide bonds. The van der Waals surface area contributed by atoms with Gasteiger partial charge in [0.05, 0.1) is 37.1 Å². The van der Waals surface area contributed by atoms with E-state index in [9.17, 15) is 22.7 Å². The molecule has 1 saturated heterocycles. The van der Waals surface area contributed by atoms with E-state index in [0.29, 0.717) is 41.9 Å². The second-order valence-corrected chi connectivity index (χ2v) is 9.11. The Morgan fingerprint density at radius 3 is 2.74 bits per heavy atom. The van der Waals surface area contributed by atoms with E-state index < -0.39 is 30.1 Å². The number of anilines is 2. The Morgan fingerprint density at radius 1 is 1.16 bits per heavy atom. The summed E-state index contributed by atoms with van der Waals surface area (Å²) in [6, 6.07) is 5.20. The minimum Gasteiger partial charge on any atom is -0.494 e. The van der Waals surface area contributed by atoms with E-state index >= 15 is 0 Å². The van der Waals surface area contributed by atoms with Crippen LogP contribution >= 0.6 is 0 Å². The lowest BCUT2D eigenvalue weighted by Crippen LogP contribution is -2.43. The van der Waals surface area contributed by atoms with Crippen LogP contribution in [0.2, 0.25) is 0 Å². The van der Waals surface area contributed by atoms with E-state index in [-0.39, 0.29) is 35.9 Å². The Bertz CT molecular complexity index is 1470. The van der Waals surface area contributed by atoms with Gasteiger partial charge in [0.25, 0.3) is 6.43 Å². The standard InChI is InChI=1S/C25H25F4N7O2/c1-38-20-8-15(26)14(7-16(20)27)17-4-5-19(35-6-2-3-13(9-35)22(37)23(28)29)18(34-17)10-36-12-33-21-24(30)31-11-32-25(21)36/h4-5,7-8,11-13,22-23,37H,2-3,6,9-10H2,1H3,(H2,30,31,32). The molecule has 0 radical (unpaired) electrons. The number of alkyl halides is 2. The number of rotatable bonds is 7. The molecule has 4 aromatic rings. The molecule has 1 aliphatic heterocycles. The maximum absolute atomic E-state index is 14.9. The zero-order valence-electron chi connectivity index (χ0n) is 20.4. The molecule has 0 saturated carbocycles. The van der Waals surface area contributed by atoms with Gasteiger partial charge in [-0.05, 0) is 31.0 Å². The quantitative estimate of drug-likeness (QED) is 0.348. The predicted molar refractivity (Wildman–Crippen MR) is 132 cm³/mol. The number of methoxy groups -OCH3 is 1. The topological polar surface area (TPSA) is 115 Å². The zero-order chi connectivity index (χ0) is 27.0. The first kappa shape index (κ1) is 25.6. The lowest BCUT2D eigenvalue weighted by Gasteiger charge is -2.37. The van der Waals surface area contributed by atoms with Crippen LogP contribution < -0.4 is 15.4 Å². The van der Waals surface area contributed by atoms with Gasteiger partial charge in [-0.2, -0.15) is 0 Å². The fraction of sp³-hybridized carbons (Fsp3) is 0.360. The van der Waals surface area contributed by atoms with Crippen molar-refractivity contribution in [1.29, 1.82) is 0 Å². The van der Waals surface area contributed by atoms with Crippen molar-refractivity contribution in [1.82, 2.24) is 24.5 Å². The van der Waals surface area contributed by atoms with Crippen molar-refractivity contribution < 1.29 is 27.4 Å². The molecular formula is C25H25F4N7O2. The molecule has 0 spiro atoms. The monoisotopic (exact) mass is 531 g/mol. The van der Waals surface area contributed by atoms with Crippen LogP contribution in [0.5, 0.6) is 5.75 Å². The van der Waals surface area contributed by atoms with Gasteiger partial charge in [-0.15, -0.1) is 0 Å².